The van der Waals surface area contributed by atoms with Crippen LogP contribution in [-0.2, 0) is 23.2 Å². The average Bonchev–Trinajstić information content (AvgIpc) is 3.01. The van der Waals surface area contributed by atoms with Crippen LogP contribution in [0.5, 0.6) is 0 Å². The molecule has 0 aliphatic carbocycles. The van der Waals surface area contributed by atoms with Crippen LogP contribution in [0.1, 0.15) is 35.2 Å². The second kappa shape index (κ2) is 7.46. The number of hydrogen-bond acceptors (Lipinski definition) is 5. The molecule has 1 aliphatic rings. The summed E-state index contributed by atoms with van der Waals surface area (Å²) in [5, 5.41) is 17.0. The van der Waals surface area contributed by atoms with Gasteiger partial charge in [-0.2, -0.15) is 4.31 Å². The third-order valence-electron chi connectivity index (χ3n) is 4.88. The Balaban J connectivity index is 1.80. The van der Waals surface area contributed by atoms with Crippen LogP contribution in [0.2, 0.25) is 0 Å². The van der Waals surface area contributed by atoms with Crippen LogP contribution in [0.3, 0.4) is 0 Å². The Bertz CT molecular complexity index is 869. The fraction of sp³-hybridized carbons (Fsp3) is 0.556. The number of aromatic nitrogens is 3. The van der Waals surface area contributed by atoms with Crippen molar-refractivity contribution in [2.75, 3.05) is 13.1 Å². The molecule has 1 atom stereocenters. The molecule has 0 radical (unpaired) electrons. The SMILES string of the molecule is Cc1cc(C)c(S(=O)(=O)N2CCCC(Cn3cc(CO)nn3)C2)c(C)c1. The maximum absolute atomic E-state index is 13.2. The van der Waals surface area contributed by atoms with Crippen LogP contribution in [0, 0.1) is 26.7 Å². The Morgan fingerprint density at radius 1 is 1.23 bits per heavy atom. The number of benzene rings is 1. The van der Waals surface area contributed by atoms with Crippen LogP contribution in [0.15, 0.2) is 23.2 Å². The minimum absolute atomic E-state index is 0.142. The van der Waals surface area contributed by atoms with E-state index in [1.165, 1.54) is 0 Å². The summed E-state index contributed by atoms with van der Waals surface area (Å²) in [4.78, 5) is 0.437. The fourth-order valence-electron chi connectivity index (χ4n) is 3.86. The first-order valence-electron chi connectivity index (χ1n) is 8.89. The summed E-state index contributed by atoms with van der Waals surface area (Å²) in [6.45, 7) is 7.18. The summed E-state index contributed by atoms with van der Waals surface area (Å²) in [5.41, 5.74) is 3.19. The van der Waals surface area contributed by atoms with Crippen molar-refractivity contribution in [3.8, 4) is 0 Å². The van der Waals surface area contributed by atoms with E-state index in [0.29, 0.717) is 30.2 Å². The van der Waals surface area contributed by atoms with E-state index in [1.54, 1.807) is 15.2 Å². The second-order valence-corrected chi connectivity index (χ2v) is 9.06. The lowest BCUT2D eigenvalue weighted by atomic mass is 10.00. The first-order chi connectivity index (χ1) is 12.3. The van der Waals surface area contributed by atoms with Crippen molar-refractivity contribution >= 4 is 10.0 Å². The lowest BCUT2D eigenvalue weighted by molar-refractivity contribution is 0.238. The van der Waals surface area contributed by atoms with Crippen LogP contribution < -0.4 is 0 Å². The zero-order chi connectivity index (χ0) is 18.9. The number of sulfonamides is 1. The summed E-state index contributed by atoms with van der Waals surface area (Å²) in [7, 11) is -3.52. The Hall–Kier alpha value is -1.77. The third kappa shape index (κ3) is 3.82. The van der Waals surface area contributed by atoms with Gasteiger partial charge in [0.1, 0.15) is 5.69 Å². The molecule has 0 bridgehead atoms. The van der Waals surface area contributed by atoms with Gasteiger partial charge >= 0.3 is 0 Å². The predicted octanol–water partition coefficient (Wildman–Crippen LogP) is 1.80. The molecule has 1 N–H and O–H groups in total. The molecule has 0 amide bonds. The molecule has 1 saturated heterocycles. The number of nitrogens with zero attached hydrogens (tertiary/aromatic N) is 4. The molecular weight excluding hydrogens is 352 g/mol. The molecule has 7 nitrogen and oxygen atoms in total. The maximum Gasteiger partial charge on any atom is 0.243 e. The van der Waals surface area contributed by atoms with E-state index in [2.05, 4.69) is 10.3 Å². The van der Waals surface area contributed by atoms with Gasteiger partial charge in [-0.25, -0.2) is 8.42 Å². The van der Waals surface area contributed by atoms with Gasteiger partial charge in [-0.15, -0.1) is 5.10 Å². The molecule has 2 heterocycles. The zero-order valence-electron chi connectivity index (χ0n) is 15.5. The highest BCUT2D eigenvalue weighted by molar-refractivity contribution is 7.89. The monoisotopic (exact) mass is 378 g/mol. The van der Waals surface area contributed by atoms with Gasteiger partial charge in [0.2, 0.25) is 10.0 Å². The molecule has 1 fully saturated rings. The summed E-state index contributed by atoms with van der Waals surface area (Å²) in [6, 6.07) is 3.85. The zero-order valence-corrected chi connectivity index (χ0v) is 16.3. The summed E-state index contributed by atoms with van der Waals surface area (Å²) < 4.78 is 29.8. The topological polar surface area (TPSA) is 88.3 Å². The Labute approximate surface area is 154 Å². The summed E-state index contributed by atoms with van der Waals surface area (Å²) in [5.74, 6) is 0.179. The maximum atomic E-state index is 13.2. The largest absolute Gasteiger partial charge is 0.390 e. The summed E-state index contributed by atoms with van der Waals surface area (Å²) in [6.07, 6.45) is 3.49. The van der Waals surface area contributed by atoms with Crippen molar-refractivity contribution in [1.82, 2.24) is 19.3 Å². The highest BCUT2D eigenvalue weighted by Gasteiger charge is 2.32. The molecule has 0 saturated carbocycles. The first-order valence-corrected chi connectivity index (χ1v) is 10.3. The van der Waals surface area contributed by atoms with Crippen molar-refractivity contribution < 1.29 is 13.5 Å². The Kier molecular flexibility index (Phi) is 5.45. The van der Waals surface area contributed by atoms with Crippen molar-refractivity contribution in [2.24, 2.45) is 5.92 Å². The van der Waals surface area contributed by atoms with Gasteiger partial charge in [-0.1, -0.05) is 22.9 Å². The Morgan fingerprint density at radius 3 is 2.54 bits per heavy atom. The molecule has 8 heteroatoms. The van der Waals surface area contributed by atoms with Crippen molar-refractivity contribution in [2.45, 2.75) is 51.7 Å². The van der Waals surface area contributed by atoms with Crippen LogP contribution >= 0.6 is 0 Å². The Morgan fingerprint density at radius 2 is 1.92 bits per heavy atom. The van der Waals surface area contributed by atoms with E-state index in [1.807, 2.05) is 32.9 Å². The number of aryl methyl sites for hydroxylation is 3. The number of rotatable bonds is 5. The van der Waals surface area contributed by atoms with Gasteiger partial charge in [0.05, 0.1) is 17.7 Å². The highest BCUT2D eigenvalue weighted by Crippen LogP contribution is 2.29. The lowest BCUT2D eigenvalue weighted by Gasteiger charge is -2.32. The third-order valence-corrected chi connectivity index (χ3v) is 7.05. The molecule has 2 aromatic rings. The van der Waals surface area contributed by atoms with Crippen molar-refractivity contribution in [1.29, 1.82) is 0 Å². The molecule has 1 unspecified atom stereocenters. The van der Waals surface area contributed by atoms with Crippen molar-refractivity contribution in [3.63, 3.8) is 0 Å². The average molecular weight is 378 g/mol. The van der Waals surface area contributed by atoms with Gasteiger partial charge in [0.25, 0.3) is 0 Å². The number of hydrogen-bond donors (Lipinski definition) is 1. The van der Waals surface area contributed by atoms with Gasteiger partial charge in [-0.05, 0) is 50.7 Å². The van der Waals surface area contributed by atoms with E-state index >= 15 is 0 Å². The smallest absolute Gasteiger partial charge is 0.243 e. The van der Waals surface area contributed by atoms with Gasteiger partial charge in [0, 0.05) is 19.6 Å². The number of aliphatic hydroxyl groups excluding tert-OH is 1. The second-order valence-electron chi connectivity index (χ2n) is 7.19. The van der Waals surface area contributed by atoms with Crippen molar-refractivity contribution in [3.05, 3.63) is 40.7 Å². The lowest BCUT2D eigenvalue weighted by Crippen LogP contribution is -2.41. The predicted molar refractivity (Wildman–Crippen MR) is 98.1 cm³/mol. The normalized spacial score (nSPS) is 19.0. The molecule has 1 aromatic heterocycles. The minimum atomic E-state index is -3.52. The molecular formula is C18H26N4O3S. The minimum Gasteiger partial charge on any atom is -0.390 e. The number of aliphatic hydroxyl groups is 1. The quantitative estimate of drug-likeness (QED) is 0.857. The van der Waals surface area contributed by atoms with E-state index in [-0.39, 0.29) is 12.5 Å². The molecule has 1 aromatic carbocycles. The van der Waals surface area contributed by atoms with Crippen LogP contribution in [0.4, 0.5) is 0 Å². The molecule has 26 heavy (non-hydrogen) atoms. The van der Waals surface area contributed by atoms with E-state index in [4.69, 9.17) is 5.11 Å². The molecule has 1 aliphatic heterocycles. The highest BCUT2D eigenvalue weighted by atomic mass is 32.2. The first kappa shape index (κ1) is 19.0. The van der Waals surface area contributed by atoms with E-state index in [0.717, 1.165) is 29.5 Å². The van der Waals surface area contributed by atoms with E-state index < -0.39 is 10.0 Å². The van der Waals surface area contributed by atoms with Gasteiger partial charge in [-0.3, -0.25) is 4.68 Å². The van der Waals surface area contributed by atoms with E-state index in [9.17, 15) is 8.42 Å². The number of piperidine rings is 1. The van der Waals surface area contributed by atoms with Crippen LogP contribution in [-0.4, -0.2) is 45.9 Å². The molecule has 142 valence electrons. The van der Waals surface area contributed by atoms with Crippen LogP contribution in [0.25, 0.3) is 0 Å². The summed E-state index contributed by atoms with van der Waals surface area (Å²) >= 11 is 0. The molecule has 0 spiro atoms. The van der Waals surface area contributed by atoms with Gasteiger partial charge < -0.3 is 5.11 Å². The fourth-order valence-corrected chi connectivity index (χ4v) is 5.83. The molecule has 3 rings (SSSR count). The standard InChI is InChI=1S/C18H26N4O3S/c1-13-7-14(2)18(15(3)8-13)26(24,25)22-6-4-5-16(10-22)9-21-11-17(12-23)19-20-21/h7-8,11,16,23H,4-6,9-10,12H2,1-3H3. The van der Waals surface area contributed by atoms with Gasteiger partial charge in [0.15, 0.2) is 0 Å².